The van der Waals surface area contributed by atoms with Crippen LogP contribution in [-0.4, -0.2) is 12.7 Å². The van der Waals surface area contributed by atoms with Crippen LogP contribution in [0.25, 0.3) is 0 Å². The van der Waals surface area contributed by atoms with Crippen molar-refractivity contribution in [2.75, 3.05) is 0 Å². The number of rotatable bonds is 2. The molecule has 0 saturated heterocycles. The third-order valence-corrected chi connectivity index (χ3v) is 6.84. The Labute approximate surface area is 118 Å². The topological polar surface area (TPSA) is 37.4 Å². The van der Waals surface area contributed by atoms with Gasteiger partial charge in [-0.25, -0.2) is 8.42 Å². The zero-order valence-corrected chi connectivity index (χ0v) is 12.6. The second-order valence-electron chi connectivity index (χ2n) is 4.10. The molecule has 1 aliphatic rings. The van der Waals surface area contributed by atoms with Crippen LogP contribution in [0.4, 0.5) is 0 Å². The summed E-state index contributed by atoms with van der Waals surface area (Å²) in [7, 11) is -3.36. The maximum absolute atomic E-state index is 12.4. The summed E-state index contributed by atoms with van der Waals surface area (Å²) in [6, 6.07) is 11.3. The average Bonchev–Trinajstić information content (AvgIpc) is 2.94. The highest BCUT2D eigenvalue weighted by atomic mass is 79.9. The standard InChI is InChI=1S/C12H10BrNO2S2/c13-11-5-6-12(17-11)18(15,16)14-7-9-3-1-2-4-10(9)8-14/h1-6H,7-8H2. The number of fused-ring (bicyclic) bond motifs is 1. The van der Waals surface area contributed by atoms with E-state index in [-0.39, 0.29) is 0 Å². The predicted octanol–water partition coefficient (Wildman–Crippen LogP) is 3.22. The third kappa shape index (κ3) is 2.03. The molecular formula is C12H10BrNO2S2. The van der Waals surface area contributed by atoms with Gasteiger partial charge in [-0.3, -0.25) is 0 Å². The Morgan fingerprint density at radius 1 is 1.06 bits per heavy atom. The lowest BCUT2D eigenvalue weighted by Crippen LogP contribution is -2.24. The van der Waals surface area contributed by atoms with Crippen molar-refractivity contribution < 1.29 is 8.42 Å². The van der Waals surface area contributed by atoms with Gasteiger partial charge in [0.15, 0.2) is 0 Å². The van der Waals surface area contributed by atoms with E-state index in [0.717, 1.165) is 14.9 Å². The molecular weight excluding hydrogens is 334 g/mol. The molecule has 3 rings (SSSR count). The highest BCUT2D eigenvalue weighted by molar-refractivity contribution is 9.11. The lowest BCUT2D eigenvalue weighted by atomic mass is 10.1. The number of hydrogen-bond acceptors (Lipinski definition) is 3. The minimum atomic E-state index is -3.36. The average molecular weight is 344 g/mol. The van der Waals surface area contributed by atoms with Crippen LogP contribution in [0.15, 0.2) is 44.4 Å². The maximum atomic E-state index is 12.4. The van der Waals surface area contributed by atoms with Gasteiger partial charge >= 0.3 is 0 Å². The van der Waals surface area contributed by atoms with Crippen molar-refractivity contribution in [1.82, 2.24) is 4.31 Å². The fourth-order valence-corrected chi connectivity index (χ4v) is 5.60. The van der Waals surface area contributed by atoms with Crippen molar-refractivity contribution in [3.63, 3.8) is 0 Å². The summed E-state index contributed by atoms with van der Waals surface area (Å²) < 4.78 is 27.6. The Balaban J connectivity index is 1.95. The Bertz CT molecular complexity index is 669. The first-order valence-electron chi connectivity index (χ1n) is 5.39. The molecule has 0 unspecified atom stereocenters. The lowest BCUT2D eigenvalue weighted by Gasteiger charge is -2.13. The number of benzene rings is 1. The quantitative estimate of drug-likeness (QED) is 0.839. The fourth-order valence-electron chi connectivity index (χ4n) is 2.04. The van der Waals surface area contributed by atoms with E-state index in [9.17, 15) is 8.42 Å². The van der Waals surface area contributed by atoms with Gasteiger partial charge in [-0.1, -0.05) is 24.3 Å². The van der Waals surface area contributed by atoms with Crippen molar-refractivity contribution >= 4 is 37.3 Å². The number of thiophene rings is 1. The summed E-state index contributed by atoms with van der Waals surface area (Å²) >= 11 is 4.54. The summed E-state index contributed by atoms with van der Waals surface area (Å²) in [6.45, 7) is 0.933. The van der Waals surface area contributed by atoms with Gasteiger partial charge in [0.25, 0.3) is 10.0 Å². The highest BCUT2D eigenvalue weighted by Gasteiger charge is 2.31. The van der Waals surface area contributed by atoms with Crippen LogP contribution in [-0.2, 0) is 23.1 Å². The van der Waals surface area contributed by atoms with Crippen molar-refractivity contribution in [3.8, 4) is 0 Å². The van der Waals surface area contributed by atoms with Crippen LogP contribution in [0, 0.1) is 0 Å². The molecule has 0 atom stereocenters. The van der Waals surface area contributed by atoms with Gasteiger partial charge in [0.2, 0.25) is 0 Å². The summed E-state index contributed by atoms with van der Waals surface area (Å²) in [5.41, 5.74) is 2.19. The van der Waals surface area contributed by atoms with Crippen molar-refractivity contribution in [3.05, 3.63) is 51.3 Å². The van der Waals surface area contributed by atoms with Crippen LogP contribution >= 0.6 is 27.3 Å². The molecule has 6 heteroatoms. The first kappa shape index (κ1) is 12.3. The van der Waals surface area contributed by atoms with Gasteiger partial charge in [0.05, 0.1) is 3.79 Å². The van der Waals surface area contributed by atoms with Crippen LogP contribution in [0.1, 0.15) is 11.1 Å². The molecule has 0 amide bonds. The largest absolute Gasteiger partial charge is 0.253 e. The molecule has 1 aliphatic heterocycles. The van der Waals surface area contributed by atoms with Gasteiger partial charge in [-0.2, -0.15) is 4.31 Å². The van der Waals surface area contributed by atoms with E-state index in [2.05, 4.69) is 15.9 Å². The van der Waals surface area contributed by atoms with E-state index in [4.69, 9.17) is 0 Å². The van der Waals surface area contributed by atoms with Crippen molar-refractivity contribution in [2.45, 2.75) is 17.3 Å². The van der Waals surface area contributed by atoms with Crippen molar-refractivity contribution in [2.24, 2.45) is 0 Å². The van der Waals surface area contributed by atoms with E-state index >= 15 is 0 Å². The smallest absolute Gasteiger partial charge is 0.206 e. The molecule has 2 heterocycles. The lowest BCUT2D eigenvalue weighted by molar-refractivity contribution is 0.433. The van der Waals surface area contributed by atoms with Crippen LogP contribution < -0.4 is 0 Å². The van der Waals surface area contributed by atoms with Crippen LogP contribution in [0.2, 0.25) is 0 Å². The first-order chi connectivity index (χ1) is 8.57. The second-order valence-corrected chi connectivity index (χ2v) is 8.73. The predicted molar refractivity (Wildman–Crippen MR) is 74.9 cm³/mol. The van der Waals surface area contributed by atoms with Gasteiger partial charge in [-0.15, -0.1) is 11.3 Å². The van der Waals surface area contributed by atoms with E-state index in [1.54, 1.807) is 12.1 Å². The third-order valence-electron chi connectivity index (χ3n) is 2.95. The molecule has 1 aromatic carbocycles. The van der Waals surface area contributed by atoms with E-state index in [1.165, 1.54) is 15.6 Å². The minimum absolute atomic E-state index is 0.391. The first-order valence-corrected chi connectivity index (χ1v) is 8.44. The molecule has 2 aromatic rings. The van der Waals surface area contributed by atoms with E-state index in [0.29, 0.717) is 17.3 Å². The molecule has 18 heavy (non-hydrogen) atoms. The zero-order chi connectivity index (χ0) is 12.8. The number of sulfonamides is 1. The Kier molecular flexibility index (Phi) is 3.05. The second kappa shape index (κ2) is 4.45. The number of nitrogens with zero attached hydrogens (tertiary/aromatic N) is 1. The Morgan fingerprint density at radius 3 is 2.17 bits per heavy atom. The van der Waals surface area contributed by atoms with E-state index < -0.39 is 10.0 Å². The monoisotopic (exact) mass is 343 g/mol. The van der Waals surface area contributed by atoms with E-state index in [1.807, 2.05) is 24.3 Å². The van der Waals surface area contributed by atoms with Crippen LogP contribution in [0.3, 0.4) is 0 Å². The maximum Gasteiger partial charge on any atom is 0.253 e. The summed E-state index contributed by atoms with van der Waals surface area (Å²) in [5.74, 6) is 0. The summed E-state index contributed by atoms with van der Waals surface area (Å²) in [5, 5.41) is 0. The minimum Gasteiger partial charge on any atom is -0.206 e. The summed E-state index contributed by atoms with van der Waals surface area (Å²) in [6.07, 6.45) is 0. The van der Waals surface area contributed by atoms with Crippen molar-refractivity contribution in [1.29, 1.82) is 0 Å². The molecule has 94 valence electrons. The zero-order valence-electron chi connectivity index (χ0n) is 9.34. The molecule has 0 aliphatic carbocycles. The molecule has 0 N–H and O–H groups in total. The molecule has 1 aromatic heterocycles. The molecule has 0 spiro atoms. The number of halogens is 1. The SMILES string of the molecule is O=S(=O)(c1ccc(Br)s1)N1Cc2ccccc2C1. The van der Waals surface area contributed by atoms with Gasteiger partial charge < -0.3 is 0 Å². The Morgan fingerprint density at radius 2 is 1.67 bits per heavy atom. The highest BCUT2D eigenvalue weighted by Crippen LogP contribution is 2.33. The molecule has 0 fully saturated rings. The van der Waals surface area contributed by atoms with Crippen LogP contribution in [0.5, 0.6) is 0 Å². The number of hydrogen-bond donors (Lipinski definition) is 0. The molecule has 0 radical (unpaired) electrons. The normalized spacial score (nSPS) is 15.8. The molecule has 0 bridgehead atoms. The summed E-state index contributed by atoms with van der Waals surface area (Å²) in [4.78, 5) is 0. The molecule has 0 saturated carbocycles. The van der Waals surface area contributed by atoms with Gasteiger partial charge in [0.1, 0.15) is 4.21 Å². The Hall–Kier alpha value is -0.690. The fraction of sp³-hybridized carbons (Fsp3) is 0.167. The van der Waals surface area contributed by atoms with Gasteiger partial charge in [0, 0.05) is 13.1 Å². The molecule has 3 nitrogen and oxygen atoms in total. The van der Waals surface area contributed by atoms with Gasteiger partial charge in [-0.05, 0) is 39.2 Å².